The van der Waals surface area contributed by atoms with Crippen LogP contribution in [0.4, 0.5) is 5.69 Å². The molecule has 3 aromatic rings. The highest BCUT2D eigenvalue weighted by Crippen LogP contribution is 2.34. The van der Waals surface area contributed by atoms with Gasteiger partial charge in [0.15, 0.2) is 0 Å². The van der Waals surface area contributed by atoms with Crippen molar-refractivity contribution in [2.75, 3.05) is 0 Å². The van der Waals surface area contributed by atoms with Crippen molar-refractivity contribution in [1.82, 2.24) is 0 Å². The van der Waals surface area contributed by atoms with Gasteiger partial charge in [-0.15, -0.1) is 0 Å². The third kappa shape index (κ3) is 1.95. The first-order chi connectivity index (χ1) is 11.6. The number of nitro groups is 1. The van der Waals surface area contributed by atoms with Crippen molar-refractivity contribution >= 4 is 28.0 Å². The lowest BCUT2D eigenvalue weighted by molar-refractivity contribution is -0.385. The van der Waals surface area contributed by atoms with Gasteiger partial charge in [-0.25, -0.2) is 0 Å². The first kappa shape index (κ1) is 14.3. The molecule has 1 aliphatic rings. The summed E-state index contributed by atoms with van der Waals surface area (Å²) in [5.41, 5.74) is 2.70. The van der Waals surface area contributed by atoms with Crippen molar-refractivity contribution in [3.05, 3.63) is 87.0 Å². The molecule has 0 spiro atoms. The predicted octanol–water partition coefficient (Wildman–Crippen LogP) is 3.90. The molecule has 0 fully saturated rings. The largest absolute Gasteiger partial charge is 0.304 e. The maximum atomic E-state index is 13.0. The van der Waals surface area contributed by atoms with Gasteiger partial charge in [0.25, 0.3) is 5.69 Å². The molecule has 0 atom stereocenters. The summed E-state index contributed by atoms with van der Waals surface area (Å²) in [5.74, 6) is -0.371. The number of benzene rings is 3. The summed E-state index contributed by atoms with van der Waals surface area (Å²) < 4.78 is 0. The van der Waals surface area contributed by atoms with Gasteiger partial charge in [-0.05, 0) is 22.4 Å². The first-order valence-electron chi connectivity index (χ1n) is 7.48. The zero-order valence-corrected chi connectivity index (χ0v) is 12.6. The van der Waals surface area contributed by atoms with Crippen LogP contribution in [0.25, 0.3) is 10.8 Å². The fraction of sp³-hybridized carbons (Fsp3) is 0.0526. The Morgan fingerprint density at radius 2 is 1.79 bits per heavy atom. The van der Waals surface area contributed by atoms with E-state index in [1.807, 2.05) is 24.3 Å². The Hall–Kier alpha value is -3.34. The molecule has 3 aromatic carbocycles. The van der Waals surface area contributed by atoms with E-state index in [1.165, 1.54) is 12.1 Å². The molecule has 0 amide bonds. The molecule has 0 unspecified atom stereocenters. The second-order valence-corrected chi connectivity index (χ2v) is 5.76. The van der Waals surface area contributed by atoms with Gasteiger partial charge in [0.2, 0.25) is 5.78 Å². The molecule has 116 valence electrons. The molecule has 4 rings (SSSR count). The number of rotatable bonds is 3. The van der Waals surface area contributed by atoms with Crippen LogP contribution in [0, 0.1) is 15.5 Å². The van der Waals surface area contributed by atoms with Gasteiger partial charge < -0.3 is 5.41 Å². The van der Waals surface area contributed by atoms with Crippen molar-refractivity contribution in [3.8, 4) is 0 Å². The molecule has 0 bridgehead atoms. The Kier molecular flexibility index (Phi) is 3.03. The summed E-state index contributed by atoms with van der Waals surface area (Å²) in [6.45, 7) is 0. The molecule has 1 N–H and O–H groups in total. The highest BCUT2D eigenvalue weighted by molar-refractivity contribution is 6.23. The van der Waals surface area contributed by atoms with Crippen molar-refractivity contribution < 1.29 is 9.72 Å². The number of hydrogen-bond acceptors (Lipinski definition) is 4. The summed E-state index contributed by atoms with van der Waals surface area (Å²) in [5, 5.41) is 20.9. The van der Waals surface area contributed by atoms with Gasteiger partial charge in [-0.3, -0.25) is 14.9 Å². The summed E-state index contributed by atoms with van der Waals surface area (Å²) >= 11 is 0. The number of ketones is 1. The summed E-state index contributed by atoms with van der Waals surface area (Å²) in [6.07, 6.45) is 0.551. The first-order valence-corrected chi connectivity index (χ1v) is 7.48. The summed E-state index contributed by atoms with van der Waals surface area (Å²) in [7, 11) is 0. The number of nitrogens with zero attached hydrogens (tertiary/aromatic N) is 1. The number of nitrogens with one attached hydrogen (secondary N) is 1. The lowest BCUT2D eigenvalue weighted by Gasteiger charge is -2.08. The Bertz CT molecular complexity index is 1050. The van der Waals surface area contributed by atoms with E-state index in [-0.39, 0.29) is 17.0 Å². The van der Waals surface area contributed by atoms with Crippen LogP contribution in [0.15, 0.2) is 54.6 Å². The van der Waals surface area contributed by atoms with Crippen LogP contribution in [0.5, 0.6) is 0 Å². The Labute approximate surface area is 137 Å². The number of nitro benzene ring substituents is 1. The maximum Gasteiger partial charge on any atom is 0.280 e. The predicted molar refractivity (Wildman–Crippen MR) is 91.0 cm³/mol. The maximum absolute atomic E-state index is 13.0. The molecule has 0 saturated carbocycles. The monoisotopic (exact) mass is 316 g/mol. The minimum absolute atomic E-state index is 0.0799. The minimum Gasteiger partial charge on any atom is -0.304 e. The van der Waals surface area contributed by atoms with Gasteiger partial charge in [0.1, 0.15) is 5.56 Å². The van der Waals surface area contributed by atoms with Crippen LogP contribution >= 0.6 is 0 Å². The average Bonchev–Trinajstić information content (AvgIpc) is 2.92. The normalized spacial score (nSPS) is 12.6. The van der Waals surface area contributed by atoms with Crippen LogP contribution in [-0.4, -0.2) is 16.4 Å². The van der Waals surface area contributed by atoms with Gasteiger partial charge in [0.05, 0.1) is 4.92 Å². The average molecular weight is 316 g/mol. The number of hydrogen-bond donors (Lipinski definition) is 1. The van der Waals surface area contributed by atoms with Gasteiger partial charge in [-0.1, -0.05) is 42.5 Å². The van der Waals surface area contributed by atoms with Gasteiger partial charge in [-0.2, -0.15) is 0 Å². The van der Waals surface area contributed by atoms with E-state index >= 15 is 0 Å². The molecule has 0 saturated heterocycles. The second-order valence-electron chi connectivity index (χ2n) is 5.76. The van der Waals surface area contributed by atoms with Crippen LogP contribution in [-0.2, 0) is 6.42 Å². The van der Waals surface area contributed by atoms with Crippen LogP contribution in [0.3, 0.4) is 0 Å². The molecule has 24 heavy (non-hydrogen) atoms. The molecule has 0 aromatic heterocycles. The second kappa shape index (κ2) is 5.09. The summed E-state index contributed by atoms with van der Waals surface area (Å²) in [6, 6.07) is 15.1. The lowest BCUT2D eigenvalue weighted by Crippen LogP contribution is -2.06. The van der Waals surface area contributed by atoms with E-state index < -0.39 is 4.92 Å². The Balaban J connectivity index is 1.96. The molecular weight excluding hydrogens is 304 g/mol. The highest BCUT2D eigenvalue weighted by atomic mass is 16.6. The molecule has 5 heteroatoms. The smallest absolute Gasteiger partial charge is 0.280 e. The lowest BCUT2D eigenvalue weighted by atomic mass is 9.94. The van der Waals surface area contributed by atoms with Crippen molar-refractivity contribution in [1.29, 1.82) is 5.41 Å². The minimum atomic E-state index is -0.539. The van der Waals surface area contributed by atoms with Crippen molar-refractivity contribution in [2.24, 2.45) is 0 Å². The number of para-hydroxylation sites is 1. The molecule has 0 heterocycles. The molecule has 1 aliphatic carbocycles. The molecule has 0 aliphatic heterocycles. The van der Waals surface area contributed by atoms with E-state index in [1.54, 1.807) is 18.2 Å². The Morgan fingerprint density at radius 1 is 1.00 bits per heavy atom. The third-order valence-electron chi connectivity index (χ3n) is 4.41. The Morgan fingerprint density at radius 3 is 2.58 bits per heavy atom. The SMILES string of the molecule is N=C1Cc2ccc(C(=O)c3ccccc3[N+](=O)[O-])c3cccc1c23. The van der Waals surface area contributed by atoms with Crippen LogP contribution in [0.2, 0.25) is 0 Å². The molecule has 5 nitrogen and oxygen atoms in total. The fourth-order valence-electron chi connectivity index (χ4n) is 3.33. The number of carbonyl (C=O) groups is 1. The van der Waals surface area contributed by atoms with Gasteiger partial charge >= 0.3 is 0 Å². The summed E-state index contributed by atoms with van der Waals surface area (Å²) in [4.78, 5) is 23.6. The van der Waals surface area contributed by atoms with Crippen molar-refractivity contribution in [2.45, 2.75) is 6.42 Å². The van der Waals surface area contributed by atoms with E-state index in [0.29, 0.717) is 17.7 Å². The van der Waals surface area contributed by atoms with Gasteiger partial charge in [0, 0.05) is 29.3 Å². The quantitative estimate of drug-likeness (QED) is 0.452. The van der Waals surface area contributed by atoms with E-state index in [0.717, 1.165) is 21.9 Å². The highest BCUT2D eigenvalue weighted by Gasteiger charge is 2.25. The zero-order chi connectivity index (χ0) is 16.8. The van der Waals surface area contributed by atoms with E-state index in [2.05, 4.69) is 0 Å². The zero-order valence-electron chi connectivity index (χ0n) is 12.6. The van der Waals surface area contributed by atoms with E-state index in [4.69, 9.17) is 5.41 Å². The fourth-order valence-corrected chi connectivity index (χ4v) is 3.33. The van der Waals surface area contributed by atoms with Crippen LogP contribution in [0.1, 0.15) is 27.0 Å². The number of carbonyl (C=O) groups excluding carboxylic acids is 1. The molecular formula is C19H12N2O3. The molecule has 0 radical (unpaired) electrons. The van der Waals surface area contributed by atoms with E-state index in [9.17, 15) is 14.9 Å². The van der Waals surface area contributed by atoms with Crippen molar-refractivity contribution in [3.63, 3.8) is 0 Å². The third-order valence-corrected chi connectivity index (χ3v) is 4.41. The topological polar surface area (TPSA) is 84.1 Å². The van der Waals surface area contributed by atoms with Crippen LogP contribution < -0.4 is 0 Å². The standard InChI is InChI=1S/C19H12N2O3/c20-16-10-11-8-9-13(12-5-3-6-14(16)18(11)12)19(22)15-4-1-2-7-17(15)21(23)24/h1-9,20H,10H2.